The maximum Gasteiger partial charge on any atom is 0.422 e. The topological polar surface area (TPSA) is 9.23 Å². The molecular weight excluding hydrogens is 296 g/mol. The Balaban J connectivity index is 2.70. The molecule has 84 valence electrons. The summed E-state index contributed by atoms with van der Waals surface area (Å²) in [5.41, 5.74) is 0.691. The molecule has 0 aliphatic carbocycles. The first-order valence-electron chi connectivity index (χ1n) is 3.96. The number of alkyl halides is 4. The van der Waals surface area contributed by atoms with Crippen LogP contribution in [0.3, 0.4) is 0 Å². The molecule has 0 spiro atoms. The molecule has 1 nitrogen and oxygen atoms in total. The van der Waals surface area contributed by atoms with Crippen molar-refractivity contribution in [2.45, 2.75) is 12.1 Å². The summed E-state index contributed by atoms with van der Waals surface area (Å²) in [5.74, 6) is 0.371. The van der Waals surface area contributed by atoms with Crippen molar-refractivity contribution in [1.29, 1.82) is 0 Å². The van der Waals surface area contributed by atoms with Crippen LogP contribution in [0.5, 0.6) is 5.75 Å². The van der Waals surface area contributed by atoms with Gasteiger partial charge < -0.3 is 4.74 Å². The molecule has 6 heteroatoms. The van der Waals surface area contributed by atoms with Crippen molar-refractivity contribution >= 4 is 27.5 Å². The first-order chi connectivity index (χ1) is 6.92. The van der Waals surface area contributed by atoms with E-state index in [1.165, 1.54) is 12.1 Å². The molecule has 0 saturated heterocycles. The molecule has 0 heterocycles. The van der Waals surface area contributed by atoms with Gasteiger partial charge in [-0.1, -0.05) is 15.9 Å². The summed E-state index contributed by atoms with van der Waals surface area (Å²) in [6.07, 6.45) is -4.33. The lowest BCUT2D eigenvalue weighted by atomic mass is 10.2. The SMILES string of the molecule is FC(F)(F)COc1ccc(Br)c(CCl)c1. The Morgan fingerprint density at radius 1 is 1.33 bits per heavy atom. The number of ether oxygens (including phenoxy) is 1. The third kappa shape index (κ3) is 4.30. The molecule has 1 rings (SSSR count). The standard InChI is InChI=1S/C9H7BrClF3O/c10-8-2-1-7(3-6(8)4-11)15-5-9(12,13)14/h1-3H,4-5H2. The van der Waals surface area contributed by atoms with E-state index in [1.807, 2.05) is 0 Å². The van der Waals surface area contributed by atoms with E-state index in [0.29, 0.717) is 5.56 Å². The average molecular weight is 304 g/mol. The minimum atomic E-state index is -4.33. The van der Waals surface area contributed by atoms with Gasteiger partial charge in [0, 0.05) is 10.4 Å². The van der Waals surface area contributed by atoms with E-state index in [4.69, 9.17) is 11.6 Å². The smallest absolute Gasteiger partial charge is 0.422 e. The molecule has 1 aromatic carbocycles. The summed E-state index contributed by atoms with van der Waals surface area (Å²) >= 11 is 8.81. The largest absolute Gasteiger partial charge is 0.484 e. The molecule has 0 aliphatic heterocycles. The van der Waals surface area contributed by atoms with Gasteiger partial charge in [0.25, 0.3) is 0 Å². The van der Waals surface area contributed by atoms with Crippen molar-refractivity contribution in [2.75, 3.05) is 6.61 Å². The van der Waals surface area contributed by atoms with Crippen LogP contribution in [0.2, 0.25) is 0 Å². The van der Waals surface area contributed by atoms with Gasteiger partial charge in [-0.2, -0.15) is 13.2 Å². The van der Waals surface area contributed by atoms with Gasteiger partial charge in [0.05, 0.1) is 0 Å². The predicted molar refractivity (Wildman–Crippen MR) is 55.2 cm³/mol. The summed E-state index contributed by atoms with van der Waals surface area (Å²) in [4.78, 5) is 0. The van der Waals surface area contributed by atoms with Crippen molar-refractivity contribution in [3.8, 4) is 5.75 Å². The molecule has 0 aliphatic rings. The van der Waals surface area contributed by atoms with Gasteiger partial charge in [0.2, 0.25) is 0 Å². The lowest BCUT2D eigenvalue weighted by Gasteiger charge is -2.10. The number of halogens is 5. The third-order valence-corrected chi connectivity index (χ3v) is 2.63. The fourth-order valence-corrected chi connectivity index (χ4v) is 1.68. The lowest BCUT2D eigenvalue weighted by molar-refractivity contribution is -0.153. The van der Waals surface area contributed by atoms with Gasteiger partial charge in [-0.05, 0) is 23.8 Å². The fourth-order valence-electron chi connectivity index (χ4n) is 0.908. The van der Waals surface area contributed by atoms with Crippen LogP contribution in [0.4, 0.5) is 13.2 Å². The van der Waals surface area contributed by atoms with Gasteiger partial charge in [-0.3, -0.25) is 0 Å². The van der Waals surface area contributed by atoms with E-state index in [9.17, 15) is 13.2 Å². The van der Waals surface area contributed by atoms with Crippen LogP contribution >= 0.6 is 27.5 Å². The molecule has 1 aromatic rings. The molecule has 0 unspecified atom stereocenters. The summed E-state index contributed by atoms with van der Waals surface area (Å²) in [5, 5.41) is 0. The van der Waals surface area contributed by atoms with Crippen LogP contribution in [0.25, 0.3) is 0 Å². The zero-order valence-electron chi connectivity index (χ0n) is 7.44. The van der Waals surface area contributed by atoms with Gasteiger partial charge in [0.1, 0.15) is 5.75 Å². The maximum atomic E-state index is 11.8. The molecule has 0 aromatic heterocycles. The summed E-state index contributed by atoms with van der Waals surface area (Å²) in [6, 6.07) is 4.53. The van der Waals surface area contributed by atoms with E-state index in [-0.39, 0.29) is 11.6 Å². The Kier molecular flexibility index (Phi) is 4.28. The third-order valence-electron chi connectivity index (χ3n) is 1.56. The highest BCUT2D eigenvalue weighted by Gasteiger charge is 2.28. The van der Waals surface area contributed by atoms with Gasteiger partial charge >= 0.3 is 6.18 Å². The molecule has 15 heavy (non-hydrogen) atoms. The Labute approximate surface area is 98.3 Å². The number of hydrogen-bond acceptors (Lipinski definition) is 1. The molecule has 0 atom stereocenters. The van der Waals surface area contributed by atoms with Crippen molar-refractivity contribution in [2.24, 2.45) is 0 Å². The minimum Gasteiger partial charge on any atom is -0.484 e. The van der Waals surface area contributed by atoms with Crippen LogP contribution in [-0.4, -0.2) is 12.8 Å². The lowest BCUT2D eigenvalue weighted by Crippen LogP contribution is -2.19. The van der Waals surface area contributed by atoms with Gasteiger partial charge in [-0.15, -0.1) is 11.6 Å². The van der Waals surface area contributed by atoms with Crippen LogP contribution in [0.15, 0.2) is 22.7 Å². The summed E-state index contributed by atoms with van der Waals surface area (Å²) in [6.45, 7) is -1.30. The highest BCUT2D eigenvalue weighted by Crippen LogP contribution is 2.25. The Morgan fingerprint density at radius 2 is 2.00 bits per heavy atom. The van der Waals surface area contributed by atoms with Crippen molar-refractivity contribution in [3.05, 3.63) is 28.2 Å². The molecule has 0 bridgehead atoms. The van der Waals surface area contributed by atoms with E-state index in [1.54, 1.807) is 6.07 Å². The number of rotatable bonds is 3. The number of benzene rings is 1. The van der Waals surface area contributed by atoms with Crippen molar-refractivity contribution < 1.29 is 17.9 Å². The molecule has 0 N–H and O–H groups in total. The Bertz CT molecular complexity index is 341. The van der Waals surface area contributed by atoms with Crippen LogP contribution in [-0.2, 0) is 5.88 Å². The fraction of sp³-hybridized carbons (Fsp3) is 0.333. The highest BCUT2D eigenvalue weighted by atomic mass is 79.9. The summed E-state index contributed by atoms with van der Waals surface area (Å²) < 4.78 is 40.8. The second-order valence-corrected chi connectivity index (χ2v) is 3.91. The zero-order valence-corrected chi connectivity index (χ0v) is 9.79. The monoisotopic (exact) mass is 302 g/mol. The second kappa shape index (κ2) is 5.07. The van der Waals surface area contributed by atoms with Crippen molar-refractivity contribution in [1.82, 2.24) is 0 Å². The van der Waals surface area contributed by atoms with Crippen LogP contribution in [0.1, 0.15) is 5.56 Å². The summed E-state index contributed by atoms with van der Waals surface area (Å²) in [7, 11) is 0. The first-order valence-corrected chi connectivity index (χ1v) is 5.29. The predicted octanol–water partition coefficient (Wildman–Crippen LogP) is 4.13. The minimum absolute atomic E-state index is 0.158. The maximum absolute atomic E-state index is 11.8. The van der Waals surface area contributed by atoms with Crippen LogP contribution < -0.4 is 4.74 Å². The van der Waals surface area contributed by atoms with E-state index in [0.717, 1.165) is 4.47 Å². The Morgan fingerprint density at radius 3 is 2.53 bits per heavy atom. The van der Waals surface area contributed by atoms with E-state index >= 15 is 0 Å². The van der Waals surface area contributed by atoms with Crippen LogP contribution in [0, 0.1) is 0 Å². The average Bonchev–Trinajstić information content (AvgIpc) is 2.15. The van der Waals surface area contributed by atoms with Gasteiger partial charge in [-0.25, -0.2) is 0 Å². The van der Waals surface area contributed by atoms with Crippen molar-refractivity contribution in [3.63, 3.8) is 0 Å². The highest BCUT2D eigenvalue weighted by molar-refractivity contribution is 9.10. The molecule has 0 amide bonds. The van der Waals surface area contributed by atoms with E-state index < -0.39 is 12.8 Å². The molecular formula is C9H7BrClF3O. The molecule has 0 radical (unpaired) electrons. The first kappa shape index (κ1) is 12.6. The molecule has 0 saturated carbocycles. The normalized spacial score (nSPS) is 11.5. The second-order valence-electron chi connectivity index (χ2n) is 2.79. The van der Waals surface area contributed by atoms with E-state index in [2.05, 4.69) is 20.7 Å². The zero-order chi connectivity index (χ0) is 11.5. The van der Waals surface area contributed by atoms with Gasteiger partial charge in [0.15, 0.2) is 6.61 Å². The Hall–Kier alpha value is -0.420. The quantitative estimate of drug-likeness (QED) is 0.763. The number of hydrogen-bond donors (Lipinski definition) is 0. The molecule has 0 fully saturated rings.